The number of esters is 1. The number of carbonyl (C=O) groups excluding carboxylic acids is 1. The molecule has 5 nitrogen and oxygen atoms in total. The molecule has 1 saturated heterocycles. The number of rotatable bonds is 8. The summed E-state index contributed by atoms with van der Waals surface area (Å²) in [5, 5.41) is 3.63. The summed E-state index contributed by atoms with van der Waals surface area (Å²) in [6.07, 6.45) is 1.51. The van der Waals surface area contributed by atoms with E-state index in [1.807, 2.05) is 13.0 Å². The molecule has 2 rings (SSSR count). The zero-order valence-corrected chi connectivity index (χ0v) is 14.0. The average Bonchev–Trinajstić information content (AvgIpc) is 2.54. The molecule has 5 heteroatoms. The minimum absolute atomic E-state index is 0.0890. The van der Waals surface area contributed by atoms with Crippen molar-refractivity contribution in [2.24, 2.45) is 11.7 Å². The van der Waals surface area contributed by atoms with Crippen LogP contribution in [0.2, 0.25) is 0 Å². The minimum Gasteiger partial charge on any atom is -0.466 e. The summed E-state index contributed by atoms with van der Waals surface area (Å²) in [7, 11) is 0. The van der Waals surface area contributed by atoms with Gasteiger partial charge in [0.05, 0.1) is 6.61 Å². The Morgan fingerprint density at radius 3 is 2.83 bits per heavy atom. The Bertz CT molecular complexity index is 467. The molecule has 1 aromatic carbocycles. The van der Waals surface area contributed by atoms with Crippen LogP contribution in [-0.2, 0) is 16.1 Å². The van der Waals surface area contributed by atoms with Gasteiger partial charge in [-0.15, -0.1) is 0 Å². The Morgan fingerprint density at radius 1 is 1.35 bits per heavy atom. The van der Waals surface area contributed by atoms with Crippen LogP contribution in [0.4, 0.5) is 0 Å². The molecule has 1 aromatic rings. The topological polar surface area (TPSA) is 67.6 Å². The fraction of sp³-hybridized carbons (Fsp3) is 0.611. The molecule has 23 heavy (non-hydrogen) atoms. The van der Waals surface area contributed by atoms with Gasteiger partial charge in [0.1, 0.15) is 0 Å². The Balaban J connectivity index is 1.88. The van der Waals surface area contributed by atoms with Gasteiger partial charge in [-0.3, -0.25) is 4.79 Å². The van der Waals surface area contributed by atoms with E-state index in [2.05, 4.69) is 34.5 Å². The molecule has 2 unspecified atom stereocenters. The Hall–Kier alpha value is -1.43. The number of nitrogens with two attached hydrogens (primary N) is 1. The van der Waals surface area contributed by atoms with Crippen LogP contribution in [0.5, 0.6) is 0 Å². The second-order valence-corrected chi connectivity index (χ2v) is 6.22. The molecule has 1 heterocycles. The molecule has 1 aliphatic rings. The SMILES string of the molecule is CCOC(=O)CC1CC(NCc2ccccc2)CN(CCN)C1. The summed E-state index contributed by atoms with van der Waals surface area (Å²) in [5.74, 6) is 0.247. The summed E-state index contributed by atoms with van der Waals surface area (Å²) in [6.45, 7) is 6.61. The normalized spacial score (nSPS) is 22.0. The first-order chi connectivity index (χ1) is 11.2. The van der Waals surface area contributed by atoms with Crippen molar-refractivity contribution < 1.29 is 9.53 Å². The van der Waals surface area contributed by atoms with Crippen LogP contribution in [0, 0.1) is 5.92 Å². The fourth-order valence-corrected chi connectivity index (χ4v) is 3.28. The van der Waals surface area contributed by atoms with Crippen molar-refractivity contribution in [3.8, 4) is 0 Å². The molecule has 3 N–H and O–H groups in total. The maximum Gasteiger partial charge on any atom is 0.306 e. The van der Waals surface area contributed by atoms with Crippen LogP contribution >= 0.6 is 0 Å². The van der Waals surface area contributed by atoms with E-state index in [1.54, 1.807) is 0 Å². The average molecular weight is 319 g/mol. The number of likely N-dealkylation sites (tertiary alicyclic amines) is 1. The van der Waals surface area contributed by atoms with Gasteiger partial charge in [0.2, 0.25) is 0 Å². The third-order valence-electron chi connectivity index (χ3n) is 4.26. The Morgan fingerprint density at radius 2 is 2.13 bits per heavy atom. The number of benzene rings is 1. The largest absolute Gasteiger partial charge is 0.466 e. The Kier molecular flexibility index (Phi) is 7.52. The van der Waals surface area contributed by atoms with Crippen LogP contribution in [-0.4, -0.2) is 49.7 Å². The third kappa shape index (κ3) is 6.29. The van der Waals surface area contributed by atoms with Crippen LogP contribution in [0.3, 0.4) is 0 Å². The van der Waals surface area contributed by atoms with Gasteiger partial charge < -0.3 is 20.7 Å². The molecule has 0 amide bonds. The highest BCUT2D eigenvalue weighted by Gasteiger charge is 2.28. The van der Waals surface area contributed by atoms with E-state index in [-0.39, 0.29) is 5.97 Å². The predicted octanol–water partition coefficient (Wildman–Crippen LogP) is 1.38. The van der Waals surface area contributed by atoms with Crippen molar-refractivity contribution in [3.05, 3.63) is 35.9 Å². The van der Waals surface area contributed by atoms with Crippen molar-refractivity contribution in [1.82, 2.24) is 10.2 Å². The molecule has 1 fully saturated rings. The summed E-state index contributed by atoms with van der Waals surface area (Å²) < 4.78 is 5.10. The van der Waals surface area contributed by atoms with Gasteiger partial charge in [-0.05, 0) is 24.8 Å². The van der Waals surface area contributed by atoms with E-state index in [4.69, 9.17) is 10.5 Å². The molecule has 0 saturated carbocycles. The monoisotopic (exact) mass is 319 g/mol. The van der Waals surface area contributed by atoms with E-state index in [9.17, 15) is 4.79 Å². The van der Waals surface area contributed by atoms with E-state index < -0.39 is 0 Å². The van der Waals surface area contributed by atoms with Crippen molar-refractivity contribution in [2.45, 2.75) is 32.4 Å². The number of piperidine rings is 1. The van der Waals surface area contributed by atoms with Gasteiger partial charge in [0.25, 0.3) is 0 Å². The maximum atomic E-state index is 11.8. The summed E-state index contributed by atoms with van der Waals surface area (Å²) in [5.41, 5.74) is 6.99. The molecular formula is C18H29N3O2. The summed E-state index contributed by atoms with van der Waals surface area (Å²) >= 11 is 0. The lowest BCUT2D eigenvalue weighted by atomic mass is 9.91. The maximum absolute atomic E-state index is 11.8. The molecule has 0 spiro atoms. The first kappa shape index (κ1) is 17.9. The number of hydrogen-bond donors (Lipinski definition) is 2. The van der Waals surface area contributed by atoms with Crippen molar-refractivity contribution >= 4 is 5.97 Å². The number of hydrogen-bond acceptors (Lipinski definition) is 5. The smallest absolute Gasteiger partial charge is 0.306 e. The lowest BCUT2D eigenvalue weighted by molar-refractivity contribution is -0.144. The molecule has 128 valence electrons. The van der Waals surface area contributed by atoms with Crippen molar-refractivity contribution in [2.75, 3.05) is 32.8 Å². The molecule has 2 atom stereocenters. The standard InChI is InChI=1S/C18H29N3O2/c1-2-23-18(22)11-16-10-17(14-21(13-16)9-8-19)20-12-15-6-4-3-5-7-15/h3-7,16-17,20H,2,8-14,19H2,1H3. The quantitative estimate of drug-likeness (QED) is 0.709. The Labute approximate surface area is 139 Å². The van der Waals surface area contributed by atoms with Gasteiger partial charge in [-0.1, -0.05) is 30.3 Å². The number of carbonyl (C=O) groups is 1. The zero-order valence-electron chi connectivity index (χ0n) is 14.0. The third-order valence-corrected chi connectivity index (χ3v) is 4.26. The first-order valence-electron chi connectivity index (χ1n) is 8.56. The number of nitrogens with zero attached hydrogens (tertiary/aromatic N) is 1. The number of nitrogens with one attached hydrogen (secondary N) is 1. The molecule has 1 aliphatic heterocycles. The van der Waals surface area contributed by atoms with Crippen molar-refractivity contribution in [3.63, 3.8) is 0 Å². The van der Waals surface area contributed by atoms with Crippen LogP contribution < -0.4 is 11.1 Å². The zero-order chi connectivity index (χ0) is 16.5. The number of ether oxygens (including phenoxy) is 1. The van der Waals surface area contributed by atoms with Gasteiger partial charge >= 0.3 is 5.97 Å². The van der Waals surface area contributed by atoms with Gasteiger partial charge in [-0.25, -0.2) is 0 Å². The highest BCUT2D eigenvalue weighted by atomic mass is 16.5. The lowest BCUT2D eigenvalue weighted by Gasteiger charge is -2.37. The lowest BCUT2D eigenvalue weighted by Crippen LogP contribution is -2.50. The molecule has 0 bridgehead atoms. The van der Waals surface area contributed by atoms with Crippen LogP contribution in [0.25, 0.3) is 0 Å². The first-order valence-corrected chi connectivity index (χ1v) is 8.56. The van der Waals surface area contributed by atoms with Crippen LogP contribution in [0.15, 0.2) is 30.3 Å². The summed E-state index contributed by atoms with van der Waals surface area (Å²) in [4.78, 5) is 14.1. The van der Waals surface area contributed by atoms with Gasteiger partial charge in [0, 0.05) is 45.2 Å². The van der Waals surface area contributed by atoms with Gasteiger partial charge in [0.15, 0.2) is 0 Å². The second-order valence-electron chi connectivity index (χ2n) is 6.22. The fourth-order valence-electron chi connectivity index (χ4n) is 3.28. The second kappa shape index (κ2) is 9.65. The highest BCUT2D eigenvalue weighted by Crippen LogP contribution is 2.21. The van der Waals surface area contributed by atoms with E-state index >= 15 is 0 Å². The molecular weight excluding hydrogens is 290 g/mol. The van der Waals surface area contributed by atoms with Crippen molar-refractivity contribution in [1.29, 1.82) is 0 Å². The van der Waals surface area contributed by atoms with E-state index in [0.29, 0.717) is 31.5 Å². The van der Waals surface area contributed by atoms with Crippen LogP contribution in [0.1, 0.15) is 25.3 Å². The molecule has 0 radical (unpaired) electrons. The highest BCUT2D eigenvalue weighted by molar-refractivity contribution is 5.69. The molecule has 0 aliphatic carbocycles. The predicted molar refractivity (Wildman–Crippen MR) is 91.9 cm³/mol. The summed E-state index contributed by atoms with van der Waals surface area (Å²) in [6, 6.07) is 10.8. The van der Waals surface area contributed by atoms with Gasteiger partial charge in [-0.2, -0.15) is 0 Å². The minimum atomic E-state index is -0.0890. The van der Waals surface area contributed by atoms with E-state index in [1.165, 1.54) is 5.56 Å². The molecule has 0 aromatic heterocycles. The van der Waals surface area contributed by atoms with E-state index in [0.717, 1.165) is 32.6 Å².